The minimum atomic E-state index is -2.18. The third-order valence-electron chi connectivity index (χ3n) is 7.34. The van der Waals surface area contributed by atoms with Crippen molar-refractivity contribution in [2.24, 2.45) is 11.8 Å². The number of halogens is 1. The molecule has 8 nitrogen and oxygen atoms in total. The lowest BCUT2D eigenvalue weighted by Crippen LogP contribution is -2.51. The number of ketones is 2. The summed E-state index contributed by atoms with van der Waals surface area (Å²) in [5.74, 6) is -5.65. The molecule has 2 aliphatic heterocycles. The molecule has 2 heterocycles. The number of Topliss-reactive ketones (excluding diaryl/α,β-unsaturated/α-hetero) is 2. The lowest BCUT2D eigenvalue weighted by molar-refractivity contribution is -0.127. The number of hydrogen-bond acceptors (Lipinski definition) is 7. The lowest BCUT2D eigenvalue weighted by atomic mass is 9.77. The fourth-order valence-corrected chi connectivity index (χ4v) is 5.90. The van der Waals surface area contributed by atoms with Gasteiger partial charge in [-0.25, -0.2) is 9.69 Å². The van der Waals surface area contributed by atoms with Crippen molar-refractivity contribution in [1.82, 2.24) is 0 Å². The fourth-order valence-electron chi connectivity index (χ4n) is 5.71. The second-order valence-electron chi connectivity index (χ2n) is 9.32. The van der Waals surface area contributed by atoms with E-state index in [0.29, 0.717) is 10.6 Å². The maximum atomic E-state index is 13.9. The van der Waals surface area contributed by atoms with E-state index >= 15 is 0 Å². The van der Waals surface area contributed by atoms with Crippen molar-refractivity contribution >= 4 is 46.6 Å². The molecule has 2 amide bonds. The molecule has 0 aromatic heterocycles. The van der Waals surface area contributed by atoms with Gasteiger partial charge >= 0.3 is 5.97 Å². The molecule has 38 heavy (non-hydrogen) atoms. The number of imide groups is 1. The SMILES string of the molecule is CCOC(=O)c1ccc([C@H]2OC3(C(=O)c4ccccc4C3=O)[C@@H]3C(=O)N(c4cccc(Cl)c4)C(=O)[C@@H]23)cc1. The number of amides is 2. The Morgan fingerprint density at radius 2 is 1.58 bits per heavy atom. The molecule has 1 aliphatic carbocycles. The van der Waals surface area contributed by atoms with Gasteiger partial charge in [0.25, 0.3) is 0 Å². The van der Waals surface area contributed by atoms with Crippen LogP contribution in [-0.2, 0) is 19.1 Å². The molecule has 3 aromatic rings. The van der Waals surface area contributed by atoms with E-state index in [4.69, 9.17) is 21.1 Å². The number of benzene rings is 3. The summed E-state index contributed by atoms with van der Waals surface area (Å²) in [6.45, 7) is 1.90. The van der Waals surface area contributed by atoms with Crippen molar-refractivity contribution in [3.63, 3.8) is 0 Å². The van der Waals surface area contributed by atoms with E-state index in [9.17, 15) is 24.0 Å². The molecule has 0 N–H and O–H groups in total. The predicted molar refractivity (Wildman–Crippen MR) is 135 cm³/mol. The molecule has 0 saturated carbocycles. The summed E-state index contributed by atoms with van der Waals surface area (Å²) >= 11 is 6.13. The van der Waals surface area contributed by atoms with Crippen molar-refractivity contribution in [2.45, 2.75) is 18.6 Å². The third kappa shape index (κ3) is 3.23. The summed E-state index contributed by atoms with van der Waals surface area (Å²) in [7, 11) is 0. The van der Waals surface area contributed by atoms with Crippen LogP contribution in [0.3, 0.4) is 0 Å². The first-order chi connectivity index (χ1) is 18.3. The quantitative estimate of drug-likeness (QED) is 0.283. The van der Waals surface area contributed by atoms with Gasteiger partial charge in [-0.2, -0.15) is 0 Å². The van der Waals surface area contributed by atoms with Gasteiger partial charge in [-0.3, -0.25) is 19.2 Å². The second-order valence-corrected chi connectivity index (χ2v) is 9.75. The highest BCUT2D eigenvalue weighted by molar-refractivity contribution is 6.37. The van der Waals surface area contributed by atoms with E-state index in [0.717, 1.165) is 4.90 Å². The summed E-state index contributed by atoms with van der Waals surface area (Å²) in [6, 6.07) is 18.7. The van der Waals surface area contributed by atoms with Crippen LogP contribution >= 0.6 is 11.6 Å². The first-order valence-electron chi connectivity index (χ1n) is 12.1. The molecule has 6 rings (SSSR count). The molecule has 190 valence electrons. The number of carbonyl (C=O) groups excluding carboxylic acids is 5. The fraction of sp³-hybridized carbons (Fsp3) is 0.207. The van der Waals surface area contributed by atoms with Crippen LogP contribution in [0.15, 0.2) is 72.8 Å². The van der Waals surface area contributed by atoms with E-state index in [1.54, 1.807) is 49.4 Å². The van der Waals surface area contributed by atoms with Crippen molar-refractivity contribution in [1.29, 1.82) is 0 Å². The zero-order chi connectivity index (χ0) is 26.8. The number of nitrogens with zero attached hydrogens (tertiary/aromatic N) is 1. The molecule has 0 bridgehead atoms. The molecule has 0 unspecified atom stereocenters. The number of carbonyl (C=O) groups is 5. The molecule has 0 radical (unpaired) electrons. The van der Waals surface area contributed by atoms with E-state index in [1.165, 1.54) is 30.3 Å². The first kappa shape index (κ1) is 24.2. The van der Waals surface area contributed by atoms with E-state index in [-0.39, 0.29) is 29.0 Å². The van der Waals surface area contributed by atoms with Crippen molar-refractivity contribution in [3.8, 4) is 0 Å². The van der Waals surface area contributed by atoms with Crippen molar-refractivity contribution in [3.05, 3.63) is 100 Å². The minimum Gasteiger partial charge on any atom is -0.462 e. The van der Waals surface area contributed by atoms with Gasteiger partial charge in [0.1, 0.15) is 0 Å². The minimum absolute atomic E-state index is 0.149. The van der Waals surface area contributed by atoms with Gasteiger partial charge in [-0.05, 0) is 42.8 Å². The Morgan fingerprint density at radius 1 is 0.921 bits per heavy atom. The summed E-state index contributed by atoms with van der Waals surface area (Å²) in [5.41, 5.74) is -0.917. The molecular formula is C29H20ClNO7. The molecule has 1 spiro atoms. The van der Waals surface area contributed by atoms with Crippen LogP contribution in [0, 0.1) is 11.8 Å². The number of anilines is 1. The van der Waals surface area contributed by atoms with Gasteiger partial charge in [-0.1, -0.05) is 54.1 Å². The van der Waals surface area contributed by atoms with Crippen LogP contribution in [0.4, 0.5) is 5.69 Å². The van der Waals surface area contributed by atoms with Crippen LogP contribution in [-0.4, -0.2) is 41.6 Å². The second kappa shape index (κ2) is 8.72. The van der Waals surface area contributed by atoms with Crippen molar-refractivity contribution in [2.75, 3.05) is 11.5 Å². The lowest BCUT2D eigenvalue weighted by Gasteiger charge is -2.27. The normalized spacial score (nSPS) is 23.2. The van der Waals surface area contributed by atoms with Crippen LogP contribution < -0.4 is 4.90 Å². The summed E-state index contributed by atoms with van der Waals surface area (Å²) in [5, 5.41) is 0.317. The van der Waals surface area contributed by atoms with Crippen LogP contribution in [0.5, 0.6) is 0 Å². The molecular weight excluding hydrogens is 510 g/mol. The first-order valence-corrected chi connectivity index (χ1v) is 12.4. The Balaban J connectivity index is 1.49. The Labute approximate surface area is 222 Å². The Morgan fingerprint density at radius 3 is 2.18 bits per heavy atom. The number of rotatable bonds is 4. The average Bonchev–Trinajstić information content (AvgIpc) is 3.49. The maximum Gasteiger partial charge on any atom is 0.338 e. The highest BCUT2D eigenvalue weighted by atomic mass is 35.5. The number of hydrogen-bond donors (Lipinski definition) is 0. The van der Waals surface area contributed by atoms with E-state index in [1.807, 2.05) is 0 Å². The predicted octanol–water partition coefficient (Wildman–Crippen LogP) is 4.21. The number of esters is 1. The number of ether oxygens (including phenoxy) is 2. The Bertz CT molecular complexity index is 1510. The molecule has 3 aromatic carbocycles. The number of fused-ring (bicyclic) bond motifs is 3. The Kier molecular flexibility index (Phi) is 5.55. The van der Waals surface area contributed by atoms with Gasteiger partial charge in [0.2, 0.25) is 29.0 Å². The zero-order valence-corrected chi connectivity index (χ0v) is 20.8. The van der Waals surface area contributed by atoms with E-state index < -0.39 is 52.9 Å². The smallest absolute Gasteiger partial charge is 0.338 e. The van der Waals surface area contributed by atoms with Gasteiger partial charge < -0.3 is 9.47 Å². The topological polar surface area (TPSA) is 107 Å². The Hall–Kier alpha value is -4.14. The van der Waals surface area contributed by atoms with Gasteiger partial charge in [0.05, 0.1) is 35.8 Å². The molecule has 2 saturated heterocycles. The summed E-state index contributed by atoms with van der Waals surface area (Å²) in [4.78, 5) is 68.5. The van der Waals surface area contributed by atoms with Gasteiger partial charge in [0, 0.05) is 16.1 Å². The van der Waals surface area contributed by atoms with Crippen LogP contribution in [0.1, 0.15) is 49.7 Å². The molecule has 9 heteroatoms. The molecule has 3 aliphatic rings. The highest BCUT2D eigenvalue weighted by Crippen LogP contribution is 2.57. The summed E-state index contributed by atoms with van der Waals surface area (Å²) in [6.07, 6.45) is -1.10. The molecule has 2 fully saturated rings. The third-order valence-corrected chi connectivity index (χ3v) is 7.57. The van der Waals surface area contributed by atoms with Crippen LogP contribution in [0.2, 0.25) is 5.02 Å². The van der Waals surface area contributed by atoms with Crippen LogP contribution in [0.25, 0.3) is 0 Å². The highest BCUT2D eigenvalue weighted by Gasteiger charge is 2.74. The monoisotopic (exact) mass is 529 g/mol. The van der Waals surface area contributed by atoms with Crippen molar-refractivity contribution < 1.29 is 33.4 Å². The summed E-state index contributed by atoms with van der Waals surface area (Å²) < 4.78 is 11.3. The van der Waals surface area contributed by atoms with E-state index in [2.05, 4.69) is 0 Å². The largest absolute Gasteiger partial charge is 0.462 e. The van der Waals surface area contributed by atoms with Gasteiger partial charge in [0.15, 0.2) is 0 Å². The zero-order valence-electron chi connectivity index (χ0n) is 20.1. The van der Waals surface area contributed by atoms with Gasteiger partial charge in [-0.15, -0.1) is 0 Å². The average molecular weight is 530 g/mol. The molecule has 3 atom stereocenters. The standard InChI is InChI=1S/C29H20ClNO7/c1-2-37-28(36)16-12-10-15(11-13-16)23-21-22(27(35)31(26(21)34)18-7-5-6-17(30)14-18)29(38-23)24(32)19-8-3-4-9-20(19)25(29)33/h3-14,21-23H,2H2,1H3/t21-,22+,23-/m1/s1. The maximum absolute atomic E-state index is 13.9.